The fourth-order valence-electron chi connectivity index (χ4n) is 12.1. The van der Waals surface area contributed by atoms with E-state index >= 15 is 0 Å². The Morgan fingerprint density at radius 2 is 1.69 bits per heavy atom. The van der Waals surface area contributed by atoms with Gasteiger partial charge >= 0.3 is 5.97 Å². The number of benzene rings is 1. The summed E-state index contributed by atoms with van der Waals surface area (Å²) in [6, 6.07) is 10.1. The van der Waals surface area contributed by atoms with Crippen molar-refractivity contribution in [3.05, 3.63) is 64.6 Å². The van der Waals surface area contributed by atoms with Crippen LogP contribution in [-0.2, 0) is 17.7 Å². The molecule has 4 aliphatic rings. The number of hydrogen-bond acceptors (Lipinski definition) is 10. The molecule has 2 aliphatic carbocycles. The molecule has 1 aromatic carbocycles. The molecule has 6 heterocycles. The number of quaternary nitrogens is 1. The molecule has 3 fully saturated rings. The van der Waals surface area contributed by atoms with Crippen LogP contribution in [0.1, 0.15) is 112 Å². The minimum Gasteiger partial charge on any atom is -0.476 e. The zero-order valence-electron chi connectivity index (χ0n) is 35.9. The van der Waals surface area contributed by atoms with Crippen molar-refractivity contribution in [1.29, 1.82) is 0 Å². The Bertz CT molecular complexity index is 2390. The first-order chi connectivity index (χ1) is 28.1. The molecule has 13 heteroatoms. The standard InChI is InChI=1S/C46H59N9O3S/c1-29-12-14-36-35(21-29)48-42(59-36)50-39-30(2)32-11-10-18-54(40(32)52-51-39)37-15-13-33(38(49-37)41(56)57)34-22-47-55(31(34)3)28-45-23-43(4,5)25-46(27-45,26-44(6,7)24-45)58-20-19-53-16-8-9-17-53/h12-15,21-22H,8-11,16-20,23-28H2,1-7H3,(H,56,57)(H,48,50,51)/p+1. The number of anilines is 4. The monoisotopic (exact) mass is 818 g/mol. The number of nitrogens with one attached hydrogen (secondary N) is 2. The van der Waals surface area contributed by atoms with E-state index in [1.165, 1.54) is 31.5 Å². The molecule has 0 unspecified atom stereocenters. The van der Waals surface area contributed by atoms with Gasteiger partial charge in [0.05, 0.1) is 41.7 Å². The molecular weight excluding hydrogens is 759 g/mol. The third-order valence-corrected chi connectivity index (χ3v) is 14.5. The lowest BCUT2D eigenvalue weighted by Gasteiger charge is -2.61. The molecule has 4 aromatic heterocycles. The molecule has 59 heavy (non-hydrogen) atoms. The average molecular weight is 819 g/mol. The first-order valence-corrected chi connectivity index (χ1v) is 22.4. The lowest BCUT2D eigenvalue weighted by Crippen LogP contribution is -3.10. The Morgan fingerprint density at radius 1 is 0.932 bits per heavy atom. The predicted molar refractivity (Wildman–Crippen MR) is 233 cm³/mol. The molecule has 0 radical (unpaired) electrons. The van der Waals surface area contributed by atoms with Crippen molar-refractivity contribution in [2.24, 2.45) is 16.2 Å². The van der Waals surface area contributed by atoms with Gasteiger partial charge in [-0.25, -0.2) is 14.8 Å². The second kappa shape index (κ2) is 14.9. The molecule has 5 aromatic rings. The molecule has 3 N–H and O–H groups in total. The van der Waals surface area contributed by atoms with Crippen LogP contribution in [0, 0.1) is 37.0 Å². The molecular formula is C46H60N9O3S+. The van der Waals surface area contributed by atoms with Crippen molar-refractivity contribution in [2.45, 2.75) is 118 Å². The number of likely N-dealkylation sites (tertiary alicyclic amines) is 1. The highest BCUT2D eigenvalue weighted by Crippen LogP contribution is 2.63. The number of rotatable bonds is 11. The summed E-state index contributed by atoms with van der Waals surface area (Å²) in [6.45, 7) is 21.8. The topological polar surface area (TPSA) is 136 Å². The van der Waals surface area contributed by atoms with Gasteiger partial charge in [0.15, 0.2) is 22.5 Å². The second-order valence-corrected chi connectivity index (χ2v) is 21.0. The van der Waals surface area contributed by atoms with Gasteiger partial charge in [-0.1, -0.05) is 45.1 Å². The number of hydrogen-bond donors (Lipinski definition) is 3. The summed E-state index contributed by atoms with van der Waals surface area (Å²) in [4.78, 5) is 26.3. The van der Waals surface area contributed by atoms with E-state index in [1.807, 2.05) is 23.2 Å². The maximum Gasteiger partial charge on any atom is 0.355 e. The van der Waals surface area contributed by atoms with Crippen LogP contribution in [0.5, 0.6) is 0 Å². The molecule has 2 bridgehead atoms. The average Bonchev–Trinajstić information content (AvgIpc) is 3.91. The fourth-order valence-corrected chi connectivity index (χ4v) is 12.9. The van der Waals surface area contributed by atoms with Crippen LogP contribution in [0.25, 0.3) is 21.3 Å². The quantitative estimate of drug-likeness (QED) is 0.120. The Labute approximate surface area is 351 Å². The van der Waals surface area contributed by atoms with E-state index in [-0.39, 0.29) is 27.5 Å². The van der Waals surface area contributed by atoms with Crippen molar-refractivity contribution in [2.75, 3.05) is 43.0 Å². The van der Waals surface area contributed by atoms with Gasteiger partial charge in [-0.05, 0) is 112 Å². The first-order valence-electron chi connectivity index (χ1n) is 21.6. The highest BCUT2D eigenvalue weighted by atomic mass is 32.1. The van der Waals surface area contributed by atoms with Gasteiger partial charge in [-0.15, -0.1) is 10.2 Å². The molecule has 0 atom stereocenters. The SMILES string of the molecule is Cc1ccc2sc(Nc3nnc4c(c3C)CCCN4c3ccc(-c4cnn(CC56CC(C)(C)CC(OCC[NH+]7CCCC7)(CC(C)(C)C5)C6)c4C)c(C(=O)O)n3)nc2c1. The maximum absolute atomic E-state index is 13.0. The molecule has 2 aliphatic heterocycles. The molecule has 9 rings (SSSR count). The number of carboxylic acids is 1. The summed E-state index contributed by atoms with van der Waals surface area (Å²) in [5.41, 5.74) is 6.69. The Morgan fingerprint density at radius 3 is 2.44 bits per heavy atom. The number of aromatic carboxylic acids is 1. The van der Waals surface area contributed by atoms with Gasteiger partial charge in [-0.3, -0.25) is 4.68 Å². The minimum atomic E-state index is -1.07. The lowest BCUT2D eigenvalue weighted by atomic mass is 9.48. The number of fused-ring (bicyclic) bond motifs is 4. The number of carboxylic acid groups (broad SMARTS) is 1. The molecule has 2 saturated carbocycles. The van der Waals surface area contributed by atoms with Gasteiger partial charge in [0, 0.05) is 53.9 Å². The first kappa shape index (κ1) is 40.0. The molecule has 0 spiro atoms. The van der Waals surface area contributed by atoms with Crippen molar-refractivity contribution in [1.82, 2.24) is 29.9 Å². The van der Waals surface area contributed by atoms with E-state index in [9.17, 15) is 9.90 Å². The Kier molecular flexibility index (Phi) is 10.1. The molecule has 12 nitrogen and oxygen atoms in total. The van der Waals surface area contributed by atoms with E-state index < -0.39 is 5.97 Å². The number of aryl methyl sites for hydroxylation is 1. The van der Waals surface area contributed by atoms with Crippen LogP contribution in [0.2, 0.25) is 0 Å². The molecule has 312 valence electrons. The second-order valence-electron chi connectivity index (χ2n) is 20.0. The van der Waals surface area contributed by atoms with Crippen LogP contribution in [0.15, 0.2) is 36.5 Å². The van der Waals surface area contributed by atoms with E-state index in [2.05, 4.69) is 81.8 Å². The number of aromatic nitrogens is 6. The number of pyridine rings is 1. The van der Waals surface area contributed by atoms with Crippen LogP contribution in [0.3, 0.4) is 0 Å². The number of carbonyl (C=O) groups is 1. The van der Waals surface area contributed by atoms with Crippen molar-refractivity contribution in [3.8, 4) is 11.1 Å². The summed E-state index contributed by atoms with van der Waals surface area (Å²) in [5, 5.41) is 29.1. The summed E-state index contributed by atoms with van der Waals surface area (Å²) < 4.78 is 10.3. The van der Waals surface area contributed by atoms with Gasteiger partial charge in [0.2, 0.25) is 0 Å². The Hall–Kier alpha value is -4.46. The third-order valence-electron chi connectivity index (χ3n) is 13.6. The fraction of sp³-hybridized carbons (Fsp3) is 0.565. The van der Waals surface area contributed by atoms with Crippen LogP contribution >= 0.6 is 11.3 Å². The van der Waals surface area contributed by atoms with E-state index in [0.717, 1.165) is 102 Å². The van der Waals surface area contributed by atoms with Gasteiger partial charge in [-0.2, -0.15) is 5.10 Å². The normalized spacial score (nSPS) is 23.7. The van der Waals surface area contributed by atoms with Crippen molar-refractivity contribution < 1.29 is 19.5 Å². The molecule has 0 amide bonds. The number of nitrogens with zero attached hydrogens (tertiary/aromatic N) is 7. The lowest BCUT2D eigenvalue weighted by molar-refractivity contribution is -0.888. The smallest absolute Gasteiger partial charge is 0.355 e. The summed E-state index contributed by atoms with van der Waals surface area (Å²) in [6.07, 6.45) is 11.6. The van der Waals surface area contributed by atoms with E-state index in [0.29, 0.717) is 29.6 Å². The summed E-state index contributed by atoms with van der Waals surface area (Å²) >= 11 is 1.59. The number of ether oxygens (including phenoxy) is 1. The van der Waals surface area contributed by atoms with Gasteiger partial charge < -0.3 is 25.0 Å². The van der Waals surface area contributed by atoms with E-state index in [4.69, 9.17) is 24.9 Å². The Balaban J connectivity index is 0.973. The predicted octanol–water partition coefficient (Wildman–Crippen LogP) is 8.25. The van der Waals surface area contributed by atoms with Gasteiger partial charge in [0.1, 0.15) is 12.4 Å². The zero-order valence-corrected chi connectivity index (χ0v) is 36.7. The van der Waals surface area contributed by atoms with E-state index in [1.54, 1.807) is 16.2 Å². The third kappa shape index (κ3) is 7.86. The zero-order chi connectivity index (χ0) is 41.3. The number of thiazole rings is 1. The largest absolute Gasteiger partial charge is 0.476 e. The van der Waals surface area contributed by atoms with Crippen molar-refractivity contribution >= 4 is 50.1 Å². The molecule has 1 saturated heterocycles. The highest BCUT2D eigenvalue weighted by molar-refractivity contribution is 7.22. The highest BCUT2D eigenvalue weighted by Gasteiger charge is 2.59. The maximum atomic E-state index is 13.0. The van der Waals surface area contributed by atoms with Crippen LogP contribution < -0.4 is 15.1 Å². The van der Waals surface area contributed by atoms with Crippen molar-refractivity contribution in [3.63, 3.8) is 0 Å². The van der Waals surface area contributed by atoms with Crippen LogP contribution in [-0.4, -0.2) is 79.4 Å². The summed E-state index contributed by atoms with van der Waals surface area (Å²) in [7, 11) is 0. The minimum absolute atomic E-state index is 0.00891. The summed E-state index contributed by atoms with van der Waals surface area (Å²) in [5.74, 6) is 0.859. The van der Waals surface area contributed by atoms with Gasteiger partial charge in [0.25, 0.3) is 0 Å². The van der Waals surface area contributed by atoms with Crippen LogP contribution in [0.4, 0.5) is 22.6 Å².